The molecule has 0 fully saturated rings. The van der Waals surface area contributed by atoms with Gasteiger partial charge < -0.3 is 20.5 Å². The number of hydrogen-bond acceptors (Lipinski definition) is 4. The first-order valence-electron chi connectivity index (χ1n) is 5.31. The Bertz CT molecular complexity index is 414. The average molecular weight is 225 g/mol. The first-order chi connectivity index (χ1) is 7.63. The number of fused-ring (bicyclic) bond motifs is 1. The molecule has 6 heteroatoms. The van der Waals surface area contributed by atoms with Crippen LogP contribution in [0.15, 0.2) is 0 Å². The van der Waals surface area contributed by atoms with Gasteiger partial charge in [0, 0.05) is 19.0 Å². The Morgan fingerprint density at radius 1 is 1.62 bits per heavy atom. The van der Waals surface area contributed by atoms with Crippen molar-refractivity contribution in [3.05, 3.63) is 17.2 Å². The third-order valence-corrected chi connectivity index (χ3v) is 2.86. The summed E-state index contributed by atoms with van der Waals surface area (Å²) in [6.07, 6.45) is 1.79. The molecule has 1 atom stereocenters. The molecule has 0 amide bonds. The third kappa shape index (κ3) is 1.81. The van der Waals surface area contributed by atoms with E-state index < -0.39 is 5.97 Å². The van der Waals surface area contributed by atoms with Gasteiger partial charge >= 0.3 is 5.97 Å². The standard InChI is InChI=1S/C10H15N3O3/c11-6-1-2-7-9(10(15)16)12-8(3-4-14)13(7)5-6/h6,14H,1-5,11H2,(H,15,16). The molecule has 1 aliphatic rings. The number of aliphatic hydroxyl groups excluding tert-OH is 1. The highest BCUT2D eigenvalue weighted by molar-refractivity contribution is 5.87. The zero-order valence-corrected chi connectivity index (χ0v) is 8.89. The molecule has 0 saturated carbocycles. The van der Waals surface area contributed by atoms with Crippen LogP contribution in [0.1, 0.15) is 28.4 Å². The monoisotopic (exact) mass is 225 g/mol. The lowest BCUT2D eigenvalue weighted by atomic mass is 10.0. The van der Waals surface area contributed by atoms with Crippen molar-refractivity contribution in [3.8, 4) is 0 Å². The minimum atomic E-state index is -1.01. The van der Waals surface area contributed by atoms with Crippen LogP contribution in [0, 0.1) is 0 Å². The van der Waals surface area contributed by atoms with Gasteiger partial charge in [-0.15, -0.1) is 0 Å². The van der Waals surface area contributed by atoms with Crippen LogP contribution < -0.4 is 5.73 Å². The molecule has 2 rings (SSSR count). The van der Waals surface area contributed by atoms with Crippen LogP contribution in [-0.4, -0.2) is 38.4 Å². The molecular weight excluding hydrogens is 210 g/mol. The van der Waals surface area contributed by atoms with E-state index in [9.17, 15) is 4.79 Å². The predicted molar refractivity (Wildman–Crippen MR) is 56.3 cm³/mol. The number of aromatic carboxylic acids is 1. The summed E-state index contributed by atoms with van der Waals surface area (Å²) in [6.45, 7) is 0.551. The summed E-state index contributed by atoms with van der Waals surface area (Å²) >= 11 is 0. The van der Waals surface area contributed by atoms with Crippen molar-refractivity contribution in [2.24, 2.45) is 5.73 Å². The average Bonchev–Trinajstić information content (AvgIpc) is 2.58. The fraction of sp³-hybridized carbons (Fsp3) is 0.600. The highest BCUT2D eigenvalue weighted by Gasteiger charge is 2.26. The molecule has 6 nitrogen and oxygen atoms in total. The lowest BCUT2D eigenvalue weighted by Gasteiger charge is -2.22. The smallest absolute Gasteiger partial charge is 0.356 e. The van der Waals surface area contributed by atoms with Crippen molar-refractivity contribution in [3.63, 3.8) is 0 Å². The molecule has 0 aliphatic carbocycles. The lowest BCUT2D eigenvalue weighted by Crippen LogP contribution is -2.33. The lowest BCUT2D eigenvalue weighted by molar-refractivity contribution is 0.0689. The Balaban J connectivity index is 2.44. The number of imidazole rings is 1. The molecule has 2 heterocycles. The highest BCUT2D eigenvalue weighted by atomic mass is 16.4. The molecule has 0 saturated heterocycles. The van der Waals surface area contributed by atoms with Crippen molar-refractivity contribution >= 4 is 5.97 Å². The van der Waals surface area contributed by atoms with Crippen LogP contribution in [0.25, 0.3) is 0 Å². The molecule has 16 heavy (non-hydrogen) atoms. The maximum atomic E-state index is 11.0. The van der Waals surface area contributed by atoms with E-state index in [4.69, 9.17) is 15.9 Å². The first-order valence-corrected chi connectivity index (χ1v) is 5.31. The number of rotatable bonds is 3. The van der Waals surface area contributed by atoms with Crippen LogP contribution in [0.3, 0.4) is 0 Å². The quantitative estimate of drug-likeness (QED) is 0.637. The number of nitrogens with two attached hydrogens (primary N) is 1. The molecule has 0 spiro atoms. The first kappa shape index (κ1) is 11.1. The summed E-state index contributed by atoms with van der Waals surface area (Å²) in [5.41, 5.74) is 6.68. The Labute approximate surface area is 92.7 Å². The Hall–Kier alpha value is -1.40. The van der Waals surface area contributed by atoms with Crippen LogP contribution in [0.4, 0.5) is 0 Å². The summed E-state index contributed by atoms with van der Waals surface area (Å²) in [5, 5.41) is 17.9. The van der Waals surface area contributed by atoms with Gasteiger partial charge in [0.1, 0.15) is 5.82 Å². The molecular formula is C10H15N3O3. The molecule has 0 bridgehead atoms. The van der Waals surface area contributed by atoms with Gasteiger partial charge in [-0.2, -0.15) is 0 Å². The van der Waals surface area contributed by atoms with Crippen molar-refractivity contribution in [1.82, 2.24) is 9.55 Å². The number of carboxylic acid groups (broad SMARTS) is 1. The second-order valence-corrected chi connectivity index (χ2v) is 4.01. The number of carboxylic acids is 1. The maximum absolute atomic E-state index is 11.0. The topological polar surface area (TPSA) is 101 Å². The molecule has 0 radical (unpaired) electrons. The van der Waals surface area contributed by atoms with E-state index in [2.05, 4.69) is 4.98 Å². The van der Waals surface area contributed by atoms with Crippen molar-refractivity contribution < 1.29 is 15.0 Å². The third-order valence-electron chi connectivity index (χ3n) is 2.86. The summed E-state index contributed by atoms with van der Waals surface area (Å²) in [6, 6.07) is 0.0424. The van der Waals surface area contributed by atoms with Gasteiger partial charge in [0.2, 0.25) is 0 Å². The Morgan fingerprint density at radius 3 is 3.00 bits per heavy atom. The van der Waals surface area contributed by atoms with Crippen molar-refractivity contribution in [2.45, 2.75) is 31.8 Å². The van der Waals surface area contributed by atoms with Gasteiger partial charge in [-0.05, 0) is 12.8 Å². The SMILES string of the molecule is NC1CCc2c(C(=O)O)nc(CCO)n2C1. The van der Waals surface area contributed by atoms with Gasteiger partial charge in [0.15, 0.2) is 5.69 Å². The highest BCUT2D eigenvalue weighted by Crippen LogP contribution is 2.20. The summed E-state index contributed by atoms with van der Waals surface area (Å²) in [7, 11) is 0. The van der Waals surface area contributed by atoms with E-state index in [0.29, 0.717) is 25.2 Å². The van der Waals surface area contributed by atoms with E-state index in [1.54, 1.807) is 0 Å². The van der Waals surface area contributed by atoms with Crippen LogP contribution in [0.5, 0.6) is 0 Å². The number of hydrogen-bond donors (Lipinski definition) is 3. The molecule has 0 aromatic carbocycles. The van der Waals surface area contributed by atoms with Gasteiger partial charge in [0.05, 0.1) is 12.3 Å². The van der Waals surface area contributed by atoms with Crippen LogP contribution in [0.2, 0.25) is 0 Å². The van der Waals surface area contributed by atoms with E-state index in [0.717, 1.165) is 12.1 Å². The molecule has 88 valence electrons. The second-order valence-electron chi connectivity index (χ2n) is 4.01. The van der Waals surface area contributed by atoms with Gasteiger partial charge in [-0.25, -0.2) is 9.78 Å². The number of aromatic nitrogens is 2. The van der Waals surface area contributed by atoms with E-state index >= 15 is 0 Å². The molecule has 4 N–H and O–H groups in total. The fourth-order valence-corrected chi connectivity index (χ4v) is 2.12. The van der Waals surface area contributed by atoms with Crippen LogP contribution >= 0.6 is 0 Å². The van der Waals surface area contributed by atoms with Gasteiger partial charge in [-0.1, -0.05) is 0 Å². The van der Waals surface area contributed by atoms with Gasteiger partial charge in [0.25, 0.3) is 0 Å². The van der Waals surface area contributed by atoms with E-state index in [1.807, 2.05) is 4.57 Å². The number of carbonyl (C=O) groups is 1. The summed E-state index contributed by atoms with van der Waals surface area (Å²) < 4.78 is 1.84. The molecule has 1 aromatic rings. The van der Waals surface area contributed by atoms with Crippen LogP contribution in [-0.2, 0) is 19.4 Å². The molecule has 1 unspecified atom stereocenters. The zero-order chi connectivity index (χ0) is 11.7. The zero-order valence-electron chi connectivity index (χ0n) is 8.89. The fourth-order valence-electron chi connectivity index (χ4n) is 2.12. The van der Waals surface area contributed by atoms with Crippen molar-refractivity contribution in [1.29, 1.82) is 0 Å². The van der Waals surface area contributed by atoms with E-state index in [-0.39, 0.29) is 18.3 Å². The van der Waals surface area contributed by atoms with E-state index in [1.165, 1.54) is 0 Å². The Morgan fingerprint density at radius 2 is 2.38 bits per heavy atom. The maximum Gasteiger partial charge on any atom is 0.356 e. The minimum Gasteiger partial charge on any atom is -0.476 e. The normalized spacial score (nSPS) is 19.5. The summed E-state index contributed by atoms with van der Waals surface area (Å²) in [4.78, 5) is 15.1. The minimum absolute atomic E-state index is 0.0370. The molecule has 1 aromatic heterocycles. The second kappa shape index (κ2) is 4.23. The Kier molecular flexibility index (Phi) is 2.93. The van der Waals surface area contributed by atoms with Gasteiger partial charge in [-0.3, -0.25) is 0 Å². The molecule has 1 aliphatic heterocycles. The number of nitrogens with zero attached hydrogens (tertiary/aromatic N) is 2. The predicted octanol–water partition coefficient (Wildman–Crippen LogP) is -0.610. The number of aliphatic hydroxyl groups is 1. The largest absolute Gasteiger partial charge is 0.476 e. The summed E-state index contributed by atoms with van der Waals surface area (Å²) in [5.74, 6) is -0.395. The van der Waals surface area contributed by atoms with Crippen molar-refractivity contribution in [2.75, 3.05) is 6.61 Å².